The van der Waals surface area contributed by atoms with E-state index in [2.05, 4.69) is 27.2 Å². The van der Waals surface area contributed by atoms with Crippen LogP contribution in [0.3, 0.4) is 0 Å². The van der Waals surface area contributed by atoms with Gasteiger partial charge < -0.3 is 11.1 Å². The van der Waals surface area contributed by atoms with Gasteiger partial charge in [-0.15, -0.1) is 0 Å². The summed E-state index contributed by atoms with van der Waals surface area (Å²) in [7, 11) is 0. The molecule has 94 valence electrons. The van der Waals surface area contributed by atoms with E-state index in [1.54, 1.807) is 6.20 Å². The van der Waals surface area contributed by atoms with Crippen molar-refractivity contribution in [2.24, 2.45) is 0 Å². The highest BCUT2D eigenvalue weighted by atomic mass is 15.0. The van der Waals surface area contributed by atoms with E-state index in [1.807, 2.05) is 18.3 Å². The zero-order valence-electron chi connectivity index (χ0n) is 10.4. The van der Waals surface area contributed by atoms with Gasteiger partial charge in [-0.1, -0.05) is 19.4 Å². The van der Waals surface area contributed by atoms with Crippen molar-refractivity contribution < 1.29 is 0 Å². The molecule has 5 heteroatoms. The maximum Gasteiger partial charge on any atom is 0.134 e. The van der Waals surface area contributed by atoms with Gasteiger partial charge in [0.05, 0.1) is 0 Å². The first-order valence-electron chi connectivity index (χ1n) is 6.03. The molecule has 0 amide bonds. The second-order valence-electron chi connectivity index (χ2n) is 4.05. The summed E-state index contributed by atoms with van der Waals surface area (Å²) in [6, 6.07) is 3.93. The van der Waals surface area contributed by atoms with Crippen LogP contribution in [-0.2, 0) is 13.0 Å². The van der Waals surface area contributed by atoms with Gasteiger partial charge in [-0.3, -0.25) is 4.98 Å². The summed E-state index contributed by atoms with van der Waals surface area (Å²) >= 11 is 0. The van der Waals surface area contributed by atoms with E-state index in [1.165, 1.54) is 6.33 Å². The predicted molar refractivity (Wildman–Crippen MR) is 72.0 cm³/mol. The topological polar surface area (TPSA) is 76.7 Å². The van der Waals surface area contributed by atoms with Gasteiger partial charge in [-0.05, 0) is 18.1 Å². The average Bonchev–Trinajstić information content (AvgIpc) is 2.41. The zero-order chi connectivity index (χ0) is 12.8. The predicted octanol–water partition coefficient (Wildman–Crippen LogP) is 2.02. The number of rotatable bonds is 5. The van der Waals surface area contributed by atoms with Crippen LogP contribution in [0, 0.1) is 0 Å². The Hall–Kier alpha value is -2.17. The van der Waals surface area contributed by atoms with Gasteiger partial charge >= 0.3 is 0 Å². The summed E-state index contributed by atoms with van der Waals surface area (Å²) in [5.41, 5.74) is 7.97. The van der Waals surface area contributed by atoms with Crippen LogP contribution >= 0.6 is 0 Å². The Balaban J connectivity index is 2.11. The van der Waals surface area contributed by atoms with Gasteiger partial charge in [-0.25, -0.2) is 9.97 Å². The average molecular weight is 243 g/mol. The van der Waals surface area contributed by atoms with Crippen LogP contribution in [0.4, 0.5) is 11.6 Å². The van der Waals surface area contributed by atoms with Crippen LogP contribution < -0.4 is 11.1 Å². The molecule has 18 heavy (non-hydrogen) atoms. The summed E-state index contributed by atoms with van der Waals surface area (Å²) in [5.74, 6) is 1.37. The van der Waals surface area contributed by atoms with Crippen molar-refractivity contribution in [1.82, 2.24) is 15.0 Å². The third-order valence-corrected chi connectivity index (χ3v) is 2.66. The third kappa shape index (κ3) is 2.94. The first-order chi connectivity index (χ1) is 8.81. The normalized spacial score (nSPS) is 10.3. The molecule has 0 fully saturated rings. The fraction of sp³-hybridized carbons (Fsp3) is 0.308. The molecule has 0 unspecified atom stereocenters. The highest BCUT2D eigenvalue weighted by Crippen LogP contribution is 2.19. The summed E-state index contributed by atoms with van der Waals surface area (Å²) in [6.07, 6.45) is 6.97. The van der Waals surface area contributed by atoms with Crippen molar-refractivity contribution in [3.63, 3.8) is 0 Å². The molecule has 0 saturated carbocycles. The van der Waals surface area contributed by atoms with Crippen molar-refractivity contribution in [2.45, 2.75) is 26.3 Å². The number of nitrogen functional groups attached to an aromatic ring is 1. The van der Waals surface area contributed by atoms with Gasteiger partial charge in [0.1, 0.15) is 18.0 Å². The largest absolute Gasteiger partial charge is 0.383 e. The number of aromatic nitrogens is 3. The van der Waals surface area contributed by atoms with E-state index in [4.69, 9.17) is 5.73 Å². The van der Waals surface area contributed by atoms with Crippen LogP contribution in [0.25, 0.3) is 0 Å². The van der Waals surface area contributed by atoms with Crippen LogP contribution in [0.2, 0.25) is 0 Å². The molecule has 2 rings (SSSR count). The highest BCUT2D eigenvalue weighted by molar-refractivity contribution is 5.55. The van der Waals surface area contributed by atoms with E-state index in [9.17, 15) is 0 Å². The Kier molecular flexibility index (Phi) is 4.06. The fourth-order valence-electron chi connectivity index (χ4n) is 1.76. The number of nitrogens with zero attached hydrogens (tertiary/aromatic N) is 3. The van der Waals surface area contributed by atoms with Crippen molar-refractivity contribution in [1.29, 1.82) is 0 Å². The Bertz CT molecular complexity index is 498. The van der Waals surface area contributed by atoms with Crippen LogP contribution in [0.1, 0.15) is 24.5 Å². The summed E-state index contributed by atoms with van der Waals surface area (Å²) in [6.45, 7) is 2.79. The SMILES string of the molecule is CCCc1c(N)ncnc1NCc1cccnc1. The molecule has 3 N–H and O–H groups in total. The van der Waals surface area contributed by atoms with E-state index >= 15 is 0 Å². The van der Waals surface area contributed by atoms with Gasteiger partial charge in [0, 0.05) is 24.5 Å². The molecular weight excluding hydrogens is 226 g/mol. The van der Waals surface area contributed by atoms with Crippen LogP contribution in [-0.4, -0.2) is 15.0 Å². The Labute approximate surface area is 106 Å². The lowest BCUT2D eigenvalue weighted by Crippen LogP contribution is -2.08. The standard InChI is InChI=1S/C13H17N5/c1-2-4-11-12(14)17-9-18-13(11)16-8-10-5-3-6-15-7-10/h3,5-7,9H,2,4,8H2,1H3,(H3,14,16,17,18). The molecule has 0 aliphatic carbocycles. The molecule has 0 saturated heterocycles. The van der Waals surface area contributed by atoms with E-state index in [0.29, 0.717) is 12.4 Å². The molecule has 2 heterocycles. The second-order valence-corrected chi connectivity index (χ2v) is 4.05. The molecule has 2 aromatic heterocycles. The number of anilines is 2. The number of nitrogens with two attached hydrogens (primary N) is 1. The molecule has 0 aliphatic rings. The molecule has 5 nitrogen and oxygen atoms in total. The maximum absolute atomic E-state index is 5.87. The molecule has 0 bridgehead atoms. The first-order valence-corrected chi connectivity index (χ1v) is 6.03. The molecule has 0 atom stereocenters. The fourth-order valence-corrected chi connectivity index (χ4v) is 1.76. The lowest BCUT2D eigenvalue weighted by Gasteiger charge is -2.11. The van der Waals surface area contributed by atoms with Gasteiger partial charge in [-0.2, -0.15) is 0 Å². The molecule has 2 aromatic rings. The number of pyridine rings is 1. The van der Waals surface area contributed by atoms with Crippen molar-refractivity contribution in [3.05, 3.63) is 42.0 Å². The maximum atomic E-state index is 5.87. The Morgan fingerprint density at radius 3 is 2.94 bits per heavy atom. The lowest BCUT2D eigenvalue weighted by molar-refractivity contribution is 0.901. The minimum atomic E-state index is 0.556. The van der Waals surface area contributed by atoms with Gasteiger partial charge in [0.2, 0.25) is 0 Å². The van der Waals surface area contributed by atoms with Crippen LogP contribution in [0.5, 0.6) is 0 Å². The van der Waals surface area contributed by atoms with Gasteiger partial charge in [0.15, 0.2) is 0 Å². The molecule has 0 aliphatic heterocycles. The lowest BCUT2D eigenvalue weighted by atomic mass is 10.1. The number of hydrogen-bond acceptors (Lipinski definition) is 5. The minimum absolute atomic E-state index is 0.556. The third-order valence-electron chi connectivity index (χ3n) is 2.66. The van der Waals surface area contributed by atoms with Crippen LogP contribution in [0.15, 0.2) is 30.9 Å². The zero-order valence-corrected chi connectivity index (χ0v) is 10.4. The summed E-state index contributed by atoms with van der Waals surface area (Å²) in [4.78, 5) is 12.4. The molecule has 0 radical (unpaired) electrons. The summed E-state index contributed by atoms with van der Waals surface area (Å²) < 4.78 is 0. The second kappa shape index (κ2) is 5.95. The minimum Gasteiger partial charge on any atom is -0.383 e. The molecule has 0 aromatic carbocycles. The van der Waals surface area contributed by atoms with E-state index in [0.717, 1.165) is 29.8 Å². The smallest absolute Gasteiger partial charge is 0.134 e. The van der Waals surface area contributed by atoms with Crippen molar-refractivity contribution in [3.8, 4) is 0 Å². The molecule has 0 spiro atoms. The summed E-state index contributed by atoms with van der Waals surface area (Å²) in [5, 5.41) is 3.28. The van der Waals surface area contributed by atoms with Crippen molar-refractivity contribution in [2.75, 3.05) is 11.1 Å². The van der Waals surface area contributed by atoms with E-state index < -0.39 is 0 Å². The van der Waals surface area contributed by atoms with E-state index in [-0.39, 0.29) is 0 Å². The van der Waals surface area contributed by atoms with Gasteiger partial charge in [0.25, 0.3) is 0 Å². The Morgan fingerprint density at radius 1 is 1.33 bits per heavy atom. The Morgan fingerprint density at radius 2 is 2.22 bits per heavy atom. The molecular formula is C13H17N5. The highest BCUT2D eigenvalue weighted by Gasteiger charge is 2.07. The quantitative estimate of drug-likeness (QED) is 0.840. The van der Waals surface area contributed by atoms with Crippen molar-refractivity contribution >= 4 is 11.6 Å². The first kappa shape index (κ1) is 12.3. The number of nitrogens with one attached hydrogen (secondary N) is 1. The number of hydrogen-bond donors (Lipinski definition) is 2. The monoisotopic (exact) mass is 243 g/mol.